The smallest absolute Gasteiger partial charge is 0.142 e. The van der Waals surface area contributed by atoms with Gasteiger partial charge in [-0.05, 0) is 18.6 Å². The highest BCUT2D eigenvalue weighted by Crippen LogP contribution is 1.91. The lowest BCUT2D eigenvalue weighted by Crippen LogP contribution is -2.13. The SMILES string of the molecule is Bc1cnccc1C(C)=N. The molecule has 0 aliphatic rings. The van der Waals surface area contributed by atoms with Gasteiger partial charge in [0.05, 0.1) is 0 Å². The first-order valence-corrected chi connectivity index (χ1v) is 3.18. The second-order valence-corrected chi connectivity index (χ2v) is 2.32. The predicted molar refractivity (Wildman–Crippen MR) is 44.9 cm³/mol. The fourth-order valence-corrected chi connectivity index (χ4v) is 0.894. The normalized spacial score (nSPS) is 9.30. The molecule has 0 atom stereocenters. The molecule has 0 radical (unpaired) electrons. The molecule has 0 saturated carbocycles. The van der Waals surface area contributed by atoms with Crippen LogP contribution in [0.1, 0.15) is 12.5 Å². The van der Waals surface area contributed by atoms with E-state index in [0.29, 0.717) is 5.71 Å². The molecule has 0 aliphatic heterocycles. The summed E-state index contributed by atoms with van der Waals surface area (Å²) in [5.74, 6) is 0. The van der Waals surface area contributed by atoms with Crippen LogP contribution in [0.25, 0.3) is 0 Å². The molecule has 0 amide bonds. The maximum atomic E-state index is 7.35. The lowest BCUT2D eigenvalue weighted by Gasteiger charge is -1.99. The summed E-state index contributed by atoms with van der Waals surface area (Å²) in [5, 5.41) is 7.35. The van der Waals surface area contributed by atoms with Crippen LogP contribution < -0.4 is 5.46 Å². The average molecular weight is 132 g/mol. The van der Waals surface area contributed by atoms with Crippen molar-refractivity contribution in [3.05, 3.63) is 24.0 Å². The van der Waals surface area contributed by atoms with Crippen molar-refractivity contribution in [3.8, 4) is 0 Å². The van der Waals surface area contributed by atoms with E-state index in [1.165, 1.54) is 0 Å². The van der Waals surface area contributed by atoms with Crippen LogP contribution in [0.4, 0.5) is 0 Å². The van der Waals surface area contributed by atoms with Gasteiger partial charge in [0.15, 0.2) is 0 Å². The van der Waals surface area contributed by atoms with E-state index in [4.69, 9.17) is 5.41 Å². The van der Waals surface area contributed by atoms with Gasteiger partial charge in [-0.3, -0.25) is 4.98 Å². The predicted octanol–water partition coefficient (Wildman–Crippen LogP) is -0.272. The summed E-state index contributed by atoms with van der Waals surface area (Å²) in [6.45, 7) is 1.78. The van der Waals surface area contributed by atoms with Crippen molar-refractivity contribution >= 4 is 19.0 Å². The van der Waals surface area contributed by atoms with E-state index in [9.17, 15) is 0 Å². The molecule has 2 nitrogen and oxygen atoms in total. The van der Waals surface area contributed by atoms with E-state index < -0.39 is 0 Å². The van der Waals surface area contributed by atoms with Gasteiger partial charge in [0.1, 0.15) is 7.85 Å². The van der Waals surface area contributed by atoms with Gasteiger partial charge < -0.3 is 5.41 Å². The molecule has 1 rings (SSSR count). The molecule has 0 bridgehead atoms. The third-order valence-corrected chi connectivity index (χ3v) is 1.42. The topological polar surface area (TPSA) is 36.7 Å². The molecule has 0 fully saturated rings. The Kier molecular flexibility index (Phi) is 1.85. The number of nitrogens with zero attached hydrogens (tertiary/aromatic N) is 1. The van der Waals surface area contributed by atoms with Crippen molar-refractivity contribution in [1.29, 1.82) is 5.41 Å². The molecule has 0 aliphatic carbocycles. The molecule has 10 heavy (non-hydrogen) atoms. The zero-order valence-electron chi connectivity index (χ0n) is 6.18. The summed E-state index contributed by atoms with van der Waals surface area (Å²) in [5.41, 5.74) is 2.64. The number of hydrogen-bond donors (Lipinski definition) is 1. The first-order valence-electron chi connectivity index (χ1n) is 3.18. The van der Waals surface area contributed by atoms with Gasteiger partial charge in [0.25, 0.3) is 0 Å². The minimum atomic E-state index is 0.597. The van der Waals surface area contributed by atoms with E-state index in [0.717, 1.165) is 11.0 Å². The molecule has 3 heteroatoms. The fraction of sp³-hybridized carbons (Fsp3) is 0.143. The molecule has 0 saturated heterocycles. The number of nitrogens with one attached hydrogen (secondary N) is 1. The van der Waals surface area contributed by atoms with E-state index in [-0.39, 0.29) is 0 Å². The lowest BCUT2D eigenvalue weighted by molar-refractivity contribution is 1.33. The molecule has 0 unspecified atom stereocenters. The summed E-state index contributed by atoms with van der Waals surface area (Å²) in [4.78, 5) is 3.93. The molecular formula is C7H9BN2. The van der Waals surface area contributed by atoms with Crippen LogP contribution in [0.5, 0.6) is 0 Å². The first kappa shape index (κ1) is 7.00. The minimum Gasteiger partial charge on any atom is -0.305 e. The molecule has 1 heterocycles. The second kappa shape index (κ2) is 2.65. The van der Waals surface area contributed by atoms with Crippen LogP contribution in [0.2, 0.25) is 0 Å². The van der Waals surface area contributed by atoms with E-state index in [1.54, 1.807) is 19.3 Å². The highest BCUT2D eigenvalue weighted by atomic mass is 14.6. The number of rotatable bonds is 1. The Labute approximate surface area is 61.2 Å². The third kappa shape index (κ3) is 1.24. The Bertz CT molecular complexity index is 258. The molecule has 1 aromatic rings. The van der Waals surface area contributed by atoms with E-state index >= 15 is 0 Å². The summed E-state index contributed by atoms with van der Waals surface area (Å²) >= 11 is 0. The van der Waals surface area contributed by atoms with Crippen LogP contribution in [0.3, 0.4) is 0 Å². The lowest BCUT2D eigenvalue weighted by atomic mass is 9.91. The van der Waals surface area contributed by atoms with Gasteiger partial charge in [-0.2, -0.15) is 0 Å². The van der Waals surface area contributed by atoms with Crippen molar-refractivity contribution < 1.29 is 0 Å². The van der Waals surface area contributed by atoms with Gasteiger partial charge >= 0.3 is 0 Å². The van der Waals surface area contributed by atoms with Crippen LogP contribution in [0.15, 0.2) is 18.5 Å². The third-order valence-electron chi connectivity index (χ3n) is 1.42. The largest absolute Gasteiger partial charge is 0.305 e. The summed E-state index contributed by atoms with van der Waals surface area (Å²) < 4.78 is 0. The molecular weight excluding hydrogens is 123 g/mol. The van der Waals surface area contributed by atoms with Crippen LogP contribution >= 0.6 is 0 Å². The van der Waals surface area contributed by atoms with Crippen molar-refractivity contribution in [3.63, 3.8) is 0 Å². The van der Waals surface area contributed by atoms with Gasteiger partial charge in [0, 0.05) is 18.1 Å². The highest BCUT2D eigenvalue weighted by molar-refractivity contribution is 6.36. The molecule has 0 aromatic carbocycles. The zero-order chi connectivity index (χ0) is 7.56. The van der Waals surface area contributed by atoms with Crippen LogP contribution in [-0.4, -0.2) is 18.5 Å². The fourth-order valence-electron chi connectivity index (χ4n) is 0.894. The molecule has 0 spiro atoms. The highest BCUT2D eigenvalue weighted by Gasteiger charge is 1.96. The average Bonchev–Trinajstić information content (AvgIpc) is 1.88. The van der Waals surface area contributed by atoms with Crippen molar-refractivity contribution in [2.45, 2.75) is 6.92 Å². The van der Waals surface area contributed by atoms with Crippen molar-refractivity contribution in [1.82, 2.24) is 4.98 Å². The van der Waals surface area contributed by atoms with Gasteiger partial charge in [-0.15, -0.1) is 0 Å². The summed E-state index contributed by atoms with van der Waals surface area (Å²) in [7, 11) is 1.96. The first-order chi connectivity index (χ1) is 4.72. The van der Waals surface area contributed by atoms with Gasteiger partial charge in [0.2, 0.25) is 0 Å². The van der Waals surface area contributed by atoms with Crippen LogP contribution in [-0.2, 0) is 0 Å². The Hall–Kier alpha value is -1.12. The van der Waals surface area contributed by atoms with Crippen molar-refractivity contribution in [2.24, 2.45) is 0 Å². The molecule has 50 valence electrons. The monoisotopic (exact) mass is 132 g/mol. The maximum Gasteiger partial charge on any atom is 0.142 e. The maximum absolute atomic E-state index is 7.35. The van der Waals surface area contributed by atoms with Crippen molar-refractivity contribution in [2.75, 3.05) is 0 Å². The number of hydrogen-bond acceptors (Lipinski definition) is 2. The molecule has 1 N–H and O–H groups in total. The number of aromatic nitrogens is 1. The van der Waals surface area contributed by atoms with Crippen LogP contribution in [0, 0.1) is 5.41 Å². The Balaban J connectivity index is 3.15. The van der Waals surface area contributed by atoms with E-state index in [2.05, 4.69) is 4.98 Å². The zero-order valence-corrected chi connectivity index (χ0v) is 6.18. The summed E-state index contributed by atoms with van der Waals surface area (Å²) in [6, 6.07) is 1.86. The Morgan fingerprint density at radius 1 is 1.70 bits per heavy atom. The Morgan fingerprint density at radius 3 is 2.80 bits per heavy atom. The molecule has 1 aromatic heterocycles. The Morgan fingerprint density at radius 2 is 2.40 bits per heavy atom. The van der Waals surface area contributed by atoms with Gasteiger partial charge in [-0.25, -0.2) is 0 Å². The standard InChI is InChI=1S/C7H9BN2/c1-5(9)6-2-3-10-4-7(6)8/h2-4,9H,8H2,1H3. The second-order valence-electron chi connectivity index (χ2n) is 2.32. The van der Waals surface area contributed by atoms with E-state index in [1.807, 2.05) is 13.9 Å². The quantitative estimate of drug-likeness (QED) is 0.414. The minimum absolute atomic E-state index is 0.597. The summed E-state index contributed by atoms with van der Waals surface area (Å²) in [6.07, 6.45) is 3.48. The number of pyridine rings is 1. The van der Waals surface area contributed by atoms with Gasteiger partial charge in [-0.1, -0.05) is 5.46 Å².